The quantitative estimate of drug-likeness (QED) is 0.217. The van der Waals surface area contributed by atoms with Crippen molar-refractivity contribution in [1.29, 1.82) is 0 Å². The predicted molar refractivity (Wildman–Crippen MR) is 117 cm³/mol. The van der Waals surface area contributed by atoms with Crippen LogP contribution < -0.4 is 56.1 Å². The number of unbranched alkanes of at least 4 members (excludes halogenated alkanes) is 6. The smallest absolute Gasteiger partial charge is 0.748 e. The van der Waals surface area contributed by atoms with Gasteiger partial charge in [-0.3, -0.25) is 0 Å². The van der Waals surface area contributed by atoms with Crippen molar-refractivity contribution >= 4 is 10.1 Å². The summed E-state index contributed by atoms with van der Waals surface area (Å²) in [4.78, 5) is 0. The van der Waals surface area contributed by atoms with Gasteiger partial charge in [0.2, 0.25) is 0 Å². The van der Waals surface area contributed by atoms with E-state index in [9.17, 15) is 13.0 Å². The molecule has 0 aliphatic heterocycles. The van der Waals surface area contributed by atoms with Gasteiger partial charge in [0, 0.05) is 12.4 Å². The molecule has 0 aliphatic rings. The standard InChI is InChI=1S/C20H34O5S.2CH4.K/c1-2-3-4-5-6-7-8-10-19-11-13-20(14-12-19)25-17-16-24-15-9-18-26(21,22)23;;;/h11-14H,2-10,15-18H2,1H3,(H,21,22,23);2*1H4;/q;;;+1/p-1. The zero-order valence-electron chi connectivity index (χ0n) is 17.0. The summed E-state index contributed by atoms with van der Waals surface area (Å²) in [6.07, 6.45) is 10.6. The topological polar surface area (TPSA) is 75.7 Å². The first-order valence-corrected chi connectivity index (χ1v) is 11.3. The number of ether oxygens (including phenoxy) is 2. The Balaban J connectivity index is -0.00000225. The van der Waals surface area contributed by atoms with Gasteiger partial charge in [-0.25, -0.2) is 8.42 Å². The van der Waals surface area contributed by atoms with Crippen molar-refractivity contribution in [3.8, 4) is 5.75 Å². The molecule has 0 spiro atoms. The van der Waals surface area contributed by atoms with Gasteiger partial charge in [0.15, 0.2) is 0 Å². The van der Waals surface area contributed by atoms with Crippen molar-refractivity contribution < 1.29 is 73.8 Å². The van der Waals surface area contributed by atoms with Crippen LogP contribution in [0.15, 0.2) is 24.3 Å². The van der Waals surface area contributed by atoms with E-state index in [1.807, 2.05) is 12.1 Å². The Hall–Kier alpha value is 0.526. The van der Waals surface area contributed by atoms with Crippen molar-refractivity contribution in [2.45, 2.75) is 79.6 Å². The molecule has 7 heteroatoms. The molecule has 0 saturated heterocycles. The van der Waals surface area contributed by atoms with Gasteiger partial charge in [0.1, 0.15) is 12.4 Å². The van der Waals surface area contributed by atoms with E-state index in [-0.39, 0.29) is 85.0 Å². The van der Waals surface area contributed by atoms with Crippen LogP contribution in [-0.2, 0) is 21.3 Å². The van der Waals surface area contributed by atoms with Gasteiger partial charge < -0.3 is 14.0 Å². The van der Waals surface area contributed by atoms with Crippen LogP contribution >= 0.6 is 0 Å². The normalized spacial score (nSPS) is 10.4. The molecule has 0 radical (unpaired) electrons. The third-order valence-corrected chi connectivity index (χ3v) is 4.96. The summed E-state index contributed by atoms with van der Waals surface area (Å²) in [6, 6.07) is 8.15. The molecule has 0 N–H and O–H groups in total. The van der Waals surface area contributed by atoms with Crippen molar-refractivity contribution in [1.82, 2.24) is 0 Å². The Kier molecular flexibility index (Phi) is 25.6. The van der Waals surface area contributed by atoms with Crippen molar-refractivity contribution in [3.63, 3.8) is 0 Å². The Labute approximate surface area is 222 Å². The third kappa shape index (κ3) is 21.5. The van der Waals surface area contributed by atoms with Crippen LogP contribution in [0.5, 0.6) is 5.75 Å². The molecule has 0 bridgehead atoms. The molecule has 0 unspecified atom stereocenters. The second-order valence-corrected chi connectivity index (χ2v) is 8.12. The monoisotopic (exact) mass is 456 g/mol. The van der Waals surface area contributed by atoms with E-state index >= 15 is 0 Å². The second kappa shape index (κ2) is 21.7. The van der Waals surface area contributed by atoms with Gasteiger partial charge >= 0.3 is 51.4 Å². The largest absolute Gasteiger partial charge is 1.00 e. The maximum atomic E-state index is 10.4. The zero-order chi connectivity index (χ0) is 19.1. The van der Waals surface area contributed by atoms with Gasteiger partial charge in [-0.15, -0.1) is 0 Å². The molecular formula is C22H41KO5S. The Morgan fingerprint density at radius 1 is 0.828 bits per heavy atom. The molecule has 0 heterocycles. The fraction of sp³-hybridized carbons (Fsp3) is 0.727. The average molecular weight is 457 g/mol. The summed E-state index contributed by atoms with van der Waals surface area (Å²) in [5.41, 5.74) is 1.33. The number of hydrogen-bond acceptors (Lipinski definition) is 5. The van der Waals surface area contributed by atoms with Crippen molar-refractivity contribution in [2.75, 3.05) is 25.6 Å². The van der Waals surface area contributed by atoms with Gasteiger partial charge in [-0.2, -0.15) is 0 Å². The molecule has 0 aliphatic carbocycles. The van der Waals surface area contributed by atoms with Crippen molar-refractivity contribution in [3.05, 3.63) is 29.8 Å². The molecule has 0 fully saturated rings. The summed E-state index contributed by atoms with van der Waals surface area (Å²) in [5.74, 6) is 0.424. The SMILES string of the molecule is C.C.CCCCCCCCCc1ccc(OCCOCCCS(=O)(=O)[O-])cc1.[K+]. The van der Waals surface area contributed by atoms with E-state index in [0.717, 1.165) is 12.2 Å². The molecule has 5 nitrogen and oxygen atoms in total. The minimum atomic E-state index is -4.14. The van der Waals surface area contributed by atoms with Crippen LogP contribution in [0, 0.1) is 0 Å². The summed E-state index contributed by atoms with van der Waals surface area (Å²) < 4.78 is 42.1. The van der Waals surface area contributed by atoms with E-state index in [4.69, 9.17) is 9.47 Å². The Morgan fingerprint density at radius 2 is 1.41 bits per heavy atom. The maximum Gasteiger partial charge on any atom is 1.00 e. The van der Waals surface area contributed by atoms with Crippen LogP contribution in [0.4, 0.5) is 0 Å². The van der Waals surface area contributed by atoms with Crippen LogP contribution in [0.25, 0.3) is 0 Å². The predicted octanol–water partition coefficient (Wildman–Crippen LogP) is 2.59. The van der Waals surface area contributed by atoms with Gasteiger partial charge in [-0.1, -0.05) is 72.4 Å². The van der Waals surface area contributed by atoms with Crippen LogP contribution in [0.2, 0.25) is 0 Å². The molecule has 0 aromatic heterocycles. The minimum absolute atomic E-state index is 0. The van der Waals surface area contributed by atoms with Gasteiger partial charge in [0.25, 0.3) is 0 Å². The second-order valence-electron chi connectivity index (χ2n) is 6.59. The molecule has 0 saturated carbocycles. The number of hydrogen-bond donors (Lipinski definition) is 0. The molecule has 1 rings (SSSR count). The summed E-state index contributed by atoms with van der Waals surface area (Å²) in [6.45, 7) is 3.27. The average Bonchev–Trinajstić information content (AvgIpc) is 2.60. The minimum Gasteiger partial charge on any atom is -0.748 e. The molecule has 0 atom stereocenters. The number of rotatable bonds is 16. The third-order valence-electron chi connectivity index (χ3n) is 4.17. The molecule has 0 amide bonds. The van der Waals surface area contributed by atoms with E-state index in [1.165, 1.54) is 50.5 Å². The molecule has 29 heavy (non-hydrogen) atoms. The van der Waals surface area contributed by atoms with Crippen molar-refractivity contribution in [2.24, 2.45) is 0 Å². The number of benzene rings is 1. The summed E-state index contributed by atoms with van der Waals surface area (Å²) >= 11 is 0. The molecular weight excluding hydrogens is 415 g/mol. The van der Waals surface area contributed by atoms with Gasteiger partial charge in [0.05, 0.1) is 16.7 Å². The molecule has 1 aromatic carbocycles. The van der Waals surface area contributed by atoms with E-state index in [2.05, 4.69) is 19.1 Å². The first-order valence-electron chi connectivity index (χ1n) is 9.74. The van der Waals surface area contributed by atoms with Crippen LogP contribution in [0.3, 0.4) is 0 Å². The summed E-state index contributed by atoms with van der Waals surface area (Å²) in [7, 11) is -4.14. The number of aryl methyl sites for hydroxylation is 1. The van der Waals surface area contributed by atoms with E-state index < -0.39 is 10.1 Å². The van der Waals surface area contributed by atoms with Crippen LogP contribution in [-0.4, -0.2) is 38.5 Å². The Morgan fingerprint density at radius 3 is 2.00 bits per heavy atom. The first kappa shape index (κ1) is 34.1. The Bertz CT molecular complexity index is 561. The fourth-order valence-corrected chi connectivity index (χ4v) is 3.17. The first-order chi connectivity index (χ1) is 12.5. The molecule has 1 aromatic rings. The van der Waals surface area contributed by atoms with E-state index in [0.29, 0.717) is 13.2 Å². The van der Waals surface area contributed by atoms with E-state index in [1.54, 1.807) is 0 Å². The van der Waals surface area contributed by atoms with Crippen LogP contribution in [0.1, 0.15) is 78.7 Å². The maximum absolute atomic E-state index is 10.4. The fourth-order valence-electron chi connectivity index (χ4n) is 2.70. The summed E-state index contributed by atoms with van der Waals surface area (Å²) in [5, 5.41) is 0. The molecule has 166 valence electrons. The zero-order valence-corrected chi connectivity index (χ0v) is 20.9. The van der Waals surface area contributed by atoms with Gasteiger partial charge in [-0.05, 0) is 37.0 Å².